The van der Waals surface area contributed by atoms with E-state index in [0.29, 0.717) is 0 Å². The number of anilines is 6. The first-order chi connectivity index (χ1) is 55.5. The maximum atomic E-state index is 2.76. The number of para-hydroxylation sites is 5. The normalized spacial score (nSPS) is 13.5. The smallest absolute Gasteiger partial charge is 0.252 e. The van der Waals surface area contributed by atoms with Crippen LogP contribution in [0, 0.1) is 0 Å². The summed E-state index contributed by atoms with van der Waals surface area (Å²) in [6.07, 6.45) is 0. The lowest BCUT2D eigenvalue weighted by molar-refractivity contribution is 0.569. The number of rotatable bonds is 9. The van der Waals surface area contributed by atoms with E-state index < -0.39 is 0 Å². The van der Waals surface area contributed by atoms with E-state index in [0.717, 1.165) is 78.7 Å². The highest BCUT2D eigenvalue weighted by atomic mass is 15.2. The summed E-state index contributed by atoms with van der Waals surface area (Å²) in [5.41, 5.74) is 37.5. The molecule has 2 aromatic heterocycles. The van der Waals surface area contributed by atoms with Crippen LogP contribution in [-0.2, 0) is 37.9 Å². The van der Waals surface area contributed by atoms with E-state index >= 15 is 0 Å². The van der Waals surface area contributed by atoms with Crippen molar-refractivity contribution in [2.24, 2.45) is 0 Å². The van der Waals surface area contributed by atoms with Crippen LogP contribution in [0.5, 0.6) is 0 Å². The Bertz CT molecular complexity index is 6430. The molecule has 582 valence electrons. The highest BCUT2D eigenvalue weighted by molar-refractivity contribution is 7.00. The lowest BCUT2D eigenvalue weighted by Gasteiger charge is -2.46. The molecule has 4 heterocycles. The van der Waals surface area contributed by atoms with Gasteiger partial charge in [-0.1, -0.05) is 376 Å². The number of hydrogen-bond acceptors (Lipinski definition) is 2. The fourth-order valence-corrected chi connectivity index (χ4v) is 18.6. The van der Waals surface area contributed by atoms with Crippen LogP contribution >= 0.6 is 0 Å². The molecule has 0 aliphatic carbocycles. The van der Waals surface area contributed by atoms with Gasteiger partial charge in [-0.05, 0) is 187 Å². The van der Waals surface area contributed by atoms with Gasteiger partial charge in [-0.3, -0.25) is 0 Å². The summed E-state index contributed by atoms with van der Waals surface area (Å²) < 4.78 is 5.08. The lowest BCUT2D eigenvalue weighted by Crippen LogP contribution is -2.61. The van der Waals surface area contributed by atoms with Crippen molar-refractivity contribution in [2.45, 2.75) is 183 Å². The molecule has 0 amide bonds. The van der Waals surface area contributed by atoms with Crippen LogP contribution in [0.25, 0.3) is 111 Å². The van der Waals surface area contributed by atoms with E-state index in [1.54, 1.807) is 0 Å². The molecule has 0 atom stereocenters. The van der Waals surface area contributed by atoms with Gasteiger partial charge in [0, 0.05) is 77.9 Å². The highest BCUT2D eigenvalue weighted by Crippen LogP contribution is 2.56. The van der Waals surface area contributed by atoms with Crippen molar-refractivity contribution in [2.75, 3.05) is 9.80 Å². The van der Waals surface area contributed by atoms with Gasteiger partial charge in [-0.15, -0.1) is 0 Å². The number of fused-ring (bicyclic) bond motifs is 11. The van der Waals surface area contributed by atoms with Gasteiger partial charge in [0.1, 0.15) is 0 Å². The largest absolute Gasteiger partial charge is 0.310 e. The van der Waals surface area contributed by atoms with Gasteiger partial charge in [-0.25, -0.2) is 0 Å². The first kappa shape index (κ1) is 76.6. The highest BCUT2D eigenvalue weighted by Gasteiger charge is 2.47. The van der Waals surface area contributed by atoms with Crippen LogP contribution in [0.3, 0.4) is 0 Å². The molecule has 4 nitrogen and oxygen atoms in total. The van der Waals surface area contributed by atoms with Crippen molar-refractivity contribution in [3.05, 3.63) is 330 Å². The zero-order valence-electron chi connectivity index (χ0n) is 72.6. The minimum Gasteiger partial charge on any atom is -0.310 e. The predicted molar refractivity (Wildman–Crippen MR) is 507 cm³/mol. The van der Waals surface area contributed by atoms with Crippen LogP contribution in [0.1, 0.15) is 184 Å². The van der Waals surface area contributed by atoms with Gasteiger partial charge < -0.3 is 18.9 Å². The summed E-state index contributed by atoms with van der Waals surface area (Å²) in [7, 11) is 0. The van der Waals surface area contributed by atoms with E-state index in [1.165, 1.54) is 121 Å². The monoisotopic (exact) mass is 1520 g/mol. The van der Waals surface area contributed by atoms with Crippen molar-refractivity contribution >= 4 is 101 Å². The Balaban J connectivity index is 1.02. The molecule has 5 heteroatoms. The number of benzene rings is 14. The Morgan fingerprint density at radius 1 is 0.222 bits per heavy atom. The predicted octanol–water partition coefficient (Wildman–Crippen LogP) is 29.4. The molecular formula is C112H111BN4. The summed E-state index contributed by atoms with van der Waals surface area (Å²) in [4.78, 5) is 5.53. The molecule has 18 rings (SSSR count). The quantitative estimate of drug-likeness (QED) is 0.134. The first-order valence-electron chi connectivity index (χ1n) is 42.4. The van der Waals surface area contributed by atoms with E-state index in [2.05, 4.69) is 456 Å². The van der Waals surface area contributed by atoms with E-state index in [-0.39, 0.29) is 44.6 Å². The summed E-state index contributed by atoms with van der Waals surface area (Å²) in [5, 5.41) is 4.87. The van der Waals surface area contributed by atoms with Crippen LogP contribution in [0.15, 0.2) is 291 Å². The van der Waals surface area contributed by atoms with Gasteiger partial charge in [0.05, 0.1) is 33.4 Å². The molecule has 2 aliphatic rings. The van der Waals surface area contributed by atoms with Gasteiger partial charge in [0.2, 0.25) is 0 Å². The zero-order chi connectivity index (χ0) is 82.1. The fraction of sp³-hybridized carbons (Fsp3) is 0.250. The van der Waals surface area contributed by atoms with Crippen LogP contribution in [0.2, 0.25) is 0 Å². The van der Waals surface area contributed by atoms with Gasteiger partial charge in [-0.2, -0.15) is 0 Å². The molecular weight excluding hydrogens is 1410 g/mol. The summed E-state index contributed by atoms with van der Waals surface area (Å²) >= 11 is 0. The summed E-state index contributed by atoms with van der Waals surface area (Å²) in [5.74, 6) is 0. The average molecular weight is 1520 g/mol. The van der Waals surface area contributed by atoms with Crippen molar-refractivity contribution in [3.63, 3.8) is 0 Å². The second-order valence-corrected chi connectivity index (χ2v) is 40.7. The molecule has 117 heavy (non-hydrogen) atoms. The second kappa shape index (κ2) is 27.5. The molecule has 0 saturated heterocycles. The van der Waals surface area contributed by atoms with Crippen molar-refractivity contribution in [3.8, 4) is 67.0 Å². The van der Waals surface area contributed by atoms with Crippen LogP contribution in [-0.4, -0.2) is 15.8 Å². The lowest BCUT2D eigenvalue weighted by atomic mass is 9.33. The Kier molecular flexibility index (Phi) is 18.0. The first-order valence-corrected chi connectivity index (χ1v) is 42.4. The van der Waals surface area contributed by atoms with Gasteiger partial charge in [0.25, 0.3) is 6.71 Å². The average Bonchev–Trinajstić information content (AvgIpc) is 1.62. The number of aromatic nitrogens is 2. The Hall–Kier alpha value is -11.7. The number of hydrogen-bond donors (Lipinski definition) is 0. The molecule has 0 fully saturated rings. The molecule has 0 spiro atoms. The van der Waals surface area contributed by atoms with E-state index in [1.807, 2.05) is 0 Å². The third-order valence-corrected chi connectivity index (χ3v) is 25.4. The molecule has 0 bridgehead atoms. The Morgan fingerprint density at radius 2 is 0.590 bits per heavy atom. The van der Waals surface area contributed by atoms with Crippen molar-refractivity contribution in [1.29, 1.82) is 0 Å². The molecule has 2 aliphatic heterocycles. The Labute approximate surface area is 695 Å². The SMILES string of the molecule is CC(C)(C)c1ccc(-c2cccc(-c3ccc(C(C)(C)C)cc3)c2N2c3cc(-c4cc(C(C)(C)C)cc(C(C)(C)C)c4)ccc3B3c4ccc(-n5c6ccccc6c6ccc7c(c8ccccc8n7-c7ccccc7)c65)cc4N(c4c(-c5ccc(C(C)(C)C)cc5)cccc4-c4ccc(C(C)(C)C)cc4)c4cc(C(C)(C)C)cc2c43)cc1. The minimum atomic E-state index is -0.353. The van der Waals surface area contributed by atoms with Gasteiger partial charge >= 0.3 is 0 Å². The zero-order valence-corrected chi connectivity index (χ0v) is 72.6. The maximum Gasteiger partial charge on any atom is 0.252 e. The third-order valence-electron chi connectivity index (χ3n) is 25.4. The standard InChI is InChI=1S/C112H111BN4/c1-106(2,3)76-50-41-70(42-51-76)85-35-29-36-86(71-43-52-77(53-44-71)107(4,5)6)103(85)116-97-65-74(75-63-80(110(13,14)15)66-81(64-75)111(16,17)18)49-60-92(97)113-93-61-58-84(115-94-39-27-25-33-89(94)90-59-62-96-101(105(90)115)91-34-26-28-40-95(91)114(96)83-31-23-22-24-32-83)69-98(93)117(100-68-82(112(19,20)21)67-99(116)102(100)113)104-87(72-45-54-78(55-46-72)108(7,8)9)37-30-38-88(104)73-47-56-79(57-48-73)109(10,11)12/h22-69H,1-21H3. The van der Waals surface area contributed by atoms with E-state index in [9.17, 15) is 0 Å². The van der Waals surface area contributed by atoms with Crippen molar-refractivity contribution < 1.29 is 0 Å². The second-order valence-electron chi connectivity index (χ2n) is 40.7. The van der Waals surface area contributed by atoms with Crippen LogP contribution in [0.4, 0.5) is 34.1 Å². The maximum absolute atomic E-state index is 2.76. The minimum absolute atomic E-state index is 0.0494. The third kappa shape index (κ3) is 13.2. The van der Waals surface area contributed by atoms with E-state index in [4.69, 9.17) is 0 Å². The van der Waals surface area contributed by atoms with Crippen molar-refractivity contribution in [1.82, 2.24) is 9.13 Å². The summed E-state index contributed by atoms with van der Waals surface area (Å²) in [6, 6.07) is 114. The Morgan fingerprint density at radius 3 is 1.02 bits per heavy atom. The molecule has 0 saturated carbocycles. The molecule has 0 radical (unpaired) electrons. The molecule has 0 unspecified atom stereocenters. The topological polar surface area (TPSA) is 16.3 Å². The fourth-order valence-electron chi connectivity index (χ4n) is 18.6. The molecule has 14 aromatic carbocycles. The van der Waals surface area contributed by atoms with Crippen LogP contribution < -0.4 is 26.2 Å². The van der Waals surface area contributed by atoms with Gasteiger partial charge in [0.15, 0.2) is 0 Å². The molecule has 0 N–H and O–H groups in total. The number of nitrogens with zero attached hydrogens (tertiary/aromatic N) is 4. The summed E-state index contributed by atoms with van der Waals surface area (Å²) in [6.45, 7) is 49.1. The molecule has 16 aromatic rings.